The third-order valence-electron chi connectivity index (χ3n) is 2.62. The lowest BCUT2D eigenvalue weighted by Crippen LogP contribution is -2.26. The molecule has 3 heteroatoms. The van der Waals surface area contributed by atoms with Gasteiger partial charge in [0.15, 0.2) is 0 Å². The Balaban J connectivity index is 2.08. The summed E-state index contributed by atoms with van der Waals surface area (Å²) in [5.41, 5.74) is 0. The zero-order valence-electron chi connectivity index (χ0n) is 5.72. The summed E-state index contributed by atoms with van der Waals surface area (Å²) < 4.78 is 0. The molecule has 0 aromatic rings. The highest BCUT2D eigenvalue weighted by Crippen LogP contribution is 2.33. The van der Waals surface area contributed by atoms with E-state index in [1.54, 1.807) is 0 Å². The second-order valence-corrected chi connectivity index (χ2v) is 3.59. The van der Waals surface area contributed by atoms with Crippen LogP contribution >= 0.6 is 11.6 Å². The molecule has 0 aromatic carbocycles. The quantitative estimate of drug-likeness (QED) is 0.525. The Morgan fingerprint density at radius 1 is 1.50 bits per heavy atom. The highest BCUT2D eigenvalue weighted by atomic mass is 35.5. The molecule has 56 valence electrons. The summed E-state index contributed by atoms with van der Waals surface area (Å²) in [6.45, 7) is 3.18. The first kappa shape index (κ1) is 6.62. The average Bonchev–Trinajstić information content (AvgIpc) is 2.44. The van der Waals surface area contributed by atoms with E-state index >= 15 is 0 Å². The lowest BCUT2D eigenvalue weighted by Gasteiger charge is -2.17. The van der Waals surface area contributed by atoms with E-state index < -0.39 is 0 Å². The number of rotatable bonds is 1. The highest BCUT2D eigenvalue weighted by Gasteiger charge is 2.40. The fourth-order valence-electron chi connectivity index (χ4n) is 2.04. The Hall–Kier alpha value is -0.0800. The fourth-order valence-corrected chi connectivity index (χ4v) is 2.29. The van der Waals surface area contributed by atoms with Crippen LogP contribution in [0.5, 0.6) is 0 Å². The van der Waals surface area contributed by atoms with Crippen molar-refractivity contribution < 1.29 is 4.79 Å². The van der Waals surface area contributed by atoms with Crippen LogP contribution < -0.4 is 0 Å². The van der Waals surface area contributed by atoms with E-state index in [0.717, 1.165) is 13.1 Å². The molecule has 2 heterocycles. The topological polar surface area (TPSA) is 20.3 Å². The predicted octanol–water partition coefficient (Wildman–Crippen LogP) is 0.704. The molecule has 2 bridgehead atoms. The van der Waals surface area contributed by atoms with Gasteiger partial charge in [0.25, 0.3) is 0 Å². The van der Waals surface area contributed by atoms with Gasteiger partial charge in [-0.15, -0.1) is 0 Å². The van der Waals surface area contributed by atoms with Gasteiger partial charge in [0.2, 0.25) is 5.24 Å². The van der Waals surface area contributed by atoms with Crippen LogP contribution in [-0.4, -0.2) is 29.8 Å². The van der Waals surface area contributed by atoms with Crippen LogP contribution in [0.1, 0.15) is 6.42 Å². The van der Waals surface area contributed by atoms with Crippen LogP contribution in [-0.2, 0) is 4.79 Å². The molecule has 2 saturated heterocycles. The summed E-state index contributed by atoms with van der Waals surface area (Å²) in [5, 5.41) is -0.132. The van der Waals surface area contributed by atoms with Crippen molar-refractivity contribution in [3.05, 3.63) is 0 Å². The first-order valence-electron chi connectivity index (χ1n) is 3.69. The van der Waals surface area contributed by atoms with E-state index in [4.69, 9.17) is 11.6 Å². The number of halogens is 1. The fraction of sp³-hybridized carbons (Fsp3) is 0.857. The second kappa shape index (κ2) is 2.21. The molecule has 3 atom stereocenters. The van der Waals surface area contributed by atoms with Crippen LogP contribution in [0.3, 0.4) is 0 Å². The maximum Gasteiger partial charge on any atom is 0.226 e. The molecule has 0 aromatic heterocycles. The Morgan fingerprint density at radius 3 is 2.60 bits per heavy atom. The van der Waals surface area contributed by atoms with Crippen molar-refractivity contribution in [3.8, 4) is 0 Å². The van der Waals surface area contributed by atoms with E-state index in [9.17, 15) is 4.79 Å². The minimum atomic E-state index is -0.132. The molecule has 2 fully saturated rings. The number of fused-ring (bicyclic) bond motifs is 2. The SMILES string of the molecule is O=C(Cl)[C@H]1CN2CC[C@@H]1C2. The molecule has 0 saturated carbocycles. The third kappa shape index (κ3) is 0.867. The molecule has 0 amide bonds. The van der Waals surface area contributed by atoms with Crippen molar-refractivity contribution in [2.75, 3.05) is 19.6 Å². The average molecular weight is 160 g/mol. The molecule has 10 heavy (non-hydrogen) atoms. The van der Waals surface area contributed by atoms with Gasteiger partial charge in [0.05, 0.1) is 0 Å². The van der Waals surface area contributed by atoms with Gasteiger partial charge in [-0.25, -0.2) is 0 Å². The summed E-state index contributed by atoms with van der Waals surface area (Å²) in [6, 6.07) is 0. The Labute approximate surface area is 65.1 Å². The van der Waals surface area contributed by atoms with Crippen molar-refractivity contribution in [2.24, 2.45) is 11.8 Å². The number of hydrogen-bond donors (Lipinski definition) is 0. The summed E-state index contributed by atoms with van der Waals surface area (Å²) in [4.78, 5) is 13.1. The van der Waals surface area contributed by atoms with Crippen molar-refractivity contribution in [1.82, 2.24) is 4.90 Å². The van der Waals surface area contributed by atoms with Crippen LogP contribution in [0, 0.1) is 11.8 Å². The number of carbonyl (C=O) groups is 1. The number of piperidine rings is 1. The van der Waals surface area contributed by atoms with Gasteiger partial charge in [-0.05, 0) is 30.5 Å². The highest BCUT2D eigenvalue weighted by molar-refractivity contribution is 6.64. The van der Waals surface area contributed by atoms with E-state index in [1.807, 2.05) is 0 Å². The molecular weight excluding hydrogens is 150 g/mol. The molecule has 2 aliphatic heterocycles. The number of carbonyl (C=O) groups excluding carboxylic acids is 1. The molecular formula is C7H10ClNO. The second-order valence-electron chi connectivity index (χ2n) is 3.22. The first-order chi connectivity index (χ1) is 4.77. The lowest BCUT2D eigenvalue weighted by molar-refractivity contribution is -0.116. The van der Waals surface area contributed by atoms with Gasteiger partial charge < -0.3 is 4.90 Å². The minimum absolute atomic E-state index is 0.132. The molecule has 2 rings (SSSR count). The monoisotopic (exact) mass is 159 g/mol. The molecule has 0 radical (unpaired) electrons. The summed E-state index contributed by atoms with van der Waals surface area (Å²) >= 11 is 5.41. The number of hydrogen-bond acceptors (Lipinski definition) is 2. The number of nitrogens with zero attached hydrogens (tertiary/aromatic N) is 1. The summed E-state index contributed by atoms with van der Waals surface area (Å²) in [5.74, 6) is 0.723. The lowest BCUT2D eigenvalue weighted by atomic mass is 9.94. The maximum atomic E-state index is 10.8. The Bertz CT molecular complexity index is 171. The van der Waals surface area contributed by atoms with Crippen LogP contribution in [0.25, 0.3) is 0 Å². The van der Waals surface area contributed by atoms with Gasteiger partial charge in [0.1, 0.15) is 0 Å². The third-order valence-corrected chi connectivity index (χ3v) is 2.90. The van der Waals surface area contributed by atoms with Crippen molar-refractivity contribution in [2.45, 2.75) is 6.42 Å². The maximum absolute atomic E-state index is 10.8. The summed E-state index contributed by atoms with van der Waals surface area (Å²) in [6.07, 6.45) is 1.17. The first-order valence-corrected chi connectivity index (χ1v) is 4.07. The van der Waals surface area contributed by atoms with Crippen molar-refractivity contribution in [3.63, 3.8) is 0 Å². The van der Waals surface area contributed by atoms with Crippen LogP contribution in [0.2, 0.25) is 0 Å². The van der Waals surface area contributed by atoms with E-state index in [1.165, 1.54) is 13.0 Å². The van der Waals surface area contributed by atoms with Gasteiger partial charge in [-0.3, -0.25) is 4.79 Å². The smallest absolute Gasteiger partial charge is 0.226 e. The van der Waals surface area contributed by atoms with E-state index in [-0.39, 0.29) is 11.2 Å². The molecule has 0 aliphatic carbocycles. The standard InChI is InChI=1S/C7H10ClNO/c8-7(10)6-4-9-2-1-5(6)3-9/h5-6H,1-4H2/t5-,6+/m1/s1. The predicted molar refractivity (Wildman–Crippen MR) is 38.9 cm³/mol. The molecule has 1 unspecified atom stereocenters. The van der Waals surface area contributed by atoms with E-state index in [2.05, 4.69) is 4.90 Å². The largest absolute Gasteiger partial charge is 0.302 e. The van der Waals surface area contributed by atoms with Gasteiger partial charge >= 0.3 is 0 Å². The van der Waals surface area contributed by atoms with Gasteiger partial charge in [-0.1, -0.05) is 0 Å². The Morgan fingerprint density at radius 2 is 2.30 bits per heavy atom. The zero-order valence-corrected chi connectivity index (χ0v) is 6.47. The van der Waals surface area contributed by atoms with E-state index in [0.29, 0.717) is 5.92 Å². The zero-order chi connectivity index (χ0) is 7.14. The van der Waals surface area contributed by atoms with Gasteiger partial charge in [0, 0.05) is 19.0 Å². The Kier molecular flexibility index (Phi) is 1.46. The summed E-state index contributed by atoms with van der Waals surface area (Å²) in [7, 11) is 0. The molecule has 2 aliphatic rings. The van der Waals surface area contributed by atoms with Crippen LogP contribution in [0.15, 0.2) is 0 Å². The van der Waals surface area contributed by atoms with Crippen molar-refractivity contribution in [1.29, 1.82) is 0 Å². The van der Waals surface area contributed by atoms with Crippen molar-refractivity contribution >= 4 is 16.8 Å². The minimum Gasteiger partial charge on any atom is -0.302 e. The van der Waals surface area contributed by atoms with Gasteiger partial charge in [-0.2, -0.15) is 0 Å². The molecule has 2 nitrogen and oxygen atoms in total. The molecule has 0 N–H and O–H groups in total. The normalized spacial score (nSPS) is 44.3. The molecule has 0 spiro atoms. The van der Waals surface area contributed by atoms with Crippen LogP contribution in [0.4, 0.5) is 0 Å².